The predicted octanol–water partition coefficient (Wildman–Crippen LogP) is 2.74. The zero-order valence-corrected chi connectivity index (χ0v) is 17.1. The number of carbonyl (C=O) groups is 1. The molecule has 2 aromatic carbocycles. The number of amides is 1. The third-order valence-corrected chi connectivity index (χ3v) is 5.56. The number of anilines is 1. The standard InChI is InChI=1S/C19H23N3O3S2/c1-13(2)22-27(24,25)17-10-8-16(9-11-17)20-19(26)21-18(23)12-15-7-5-4-6-14(15)3/h4-11,13,22H,12H2,1-3H3,(H2,20,21,23,26). The van der Waals surface area contributed by atoms with Gasteiger partial charge in [0.15, 0.2) is 5.11 Å². The second kappa shape index (κ2) is 9.07. The molecule has 1 amide bonds. The Bertz CT molecular complexity index is 923. The first-order chi connectivity index (χ1) is 12.7. The number of nitrogens with one attached hydrogen (secondary N) is 3. The lowest BCUT2D eigenvalue weighted by atomic mass is 10.1. The fourth-order valence-corrected chi connectivity index (χ4v) is 3.89. The number of thiocarbonyl (C=S) groups is 1. The first-order valence-electron chi connectivity index (χ1n) is 8.45. The van der Waals surface area contributed by atoms with E-state index < -0.39 is 10.0 Å². The molecule has 0 heterocycles. The molecule has 0 radical (unpaired) electrons. The first kappa shape index (κ1) is 21.0. The molecule has 0 unspecified atom stereocenters. The van der Waals surface area contributed by atoms with Crippen molar-refractivity contribution in [3.05, 3.63) is 59.7 Å². The van der Waals surface area contributed by atoms with Crippen LogP contribution < -0.4 is 15.4 Å². The number of hydrogen-bond donors (Lipinski definition) is 3. The molecule has 0 aliphatic carbocycles. The number of benzene rings is 2. The van der Waals surface area contributed by atoms with Crippen molar-refractivity contribution >= 4 is 38.9 Å². The highest BCUT2D eigenvalue weighted by molar-refractivity contribution is 7.89. The van der Waals surface area contributed by atoms with Crippen LogP contribution in [0.1, 0.15) is 25.0 Å². The fourth-order valence-electron chi connectivity index (χ4n) is 2.41. The van der Waals surface area contributed by atoms with Crippen molar-refractivity contribution in [1.82, 2.24) is 10.0 Å². The minimum atomic E-state index is -3.54. The van der Waals surface area contributed by atoms with E-state index in [0.717, 1.165) is 11.1 Å². The summed E-state index contributed by atoms with van der Waals surface area (Å²) in [5.41, 5.74) is 2.56. The molecule has 3 N–H and O–H groups in total. The van der Waals surface area contributed by atoms with Crippen LogP contribution in [0.25, 0.3) is 0 Å². The van der Waals surface area contributed by atoms with Gasteiger partial charge in [0.25, 0.3) is 0 Å². The summed E-state index contributed by atoms with van der Waals surface area (Å²) in [5, 5.41) is 5.66. The summed E-state index contributed by atoms with van der Waals surface area (Å²) >= 11 is 5.15. The van der Waals surface area contributed by atoms with E-state index in [9.17, 15) is 13.2 Å². The molecule has 8 heteroatoms. The molecule has 0 aliphatic rings. The molecule has 2 aromatic rings. The molecule has 0 fully saturated rings. The smallest absolute Gasteiger partial charge is 0.240 e. The van der Waals surface area contributed by atoms with E-state index in [4.69, 9.17) is 12.2 Å². The van der Waals surface area contributed by atoms with Crippen LogP contribution in [-0.4, -0.2) is 25.5 Å². The molecule has 0 spiro atoms. The SMILES string of the molecule is Cc1ccccc1CC(=O)NC(=S)Nc1ccc(S(=O)(=O)NC(C)C)cc1. The number of aryl methyl sites for hydroxylation is 1. The molecule has 144 valence electrons. The lowest BCUT2D eigenvalue weighted by molar-refractivity contribution is -0.119. The summed E-state index contributed by atoms with van der Waals surface area (Å²) < 4.78 is 26.7. The Morgan fingerprint density at radius 2 is 1.70 bits per heavy atom. The molecule has 0 saturated heterocycles. The molecule has 0 aliphatic heterocycles. The lowest BCUT2D eigenvalue weighted by Crippen LogP contribution is -2.35. The second-order valence-corrected chi connectivity index (χ2v) is 8.53. The van der Waals surface area contributed by atoms with E-state index in [1.165, 1.54) is 12.1 Å². The van der Waals surface area contributed by atoms with Gasteiger partial charge in [0.2, 0.25) is 15.9 Å². The second-order valence-electron chi connectivity index (χ2n) is 6.41. The Hall–Kier alpha value is -2.29. The van der Waals surface area contributed by atoms with Gasteiger partial charge in [-0.15, -0.1) is 0 Å². The Labute approximate surface area is 165 Å². The maximum Gasteiger partial charge on any atom is 0.240 e. The van der Waals surface area contributed by atoms with Crippen LogP contribution in [0.3, 0.4) is 0 Å². The van der Waals surface area contributed by atoms with Gasteiger partial charge >= 0.3 is 0 Å². The van der Waals surface area contributed by atoms with Crippen LogP contribution in [0, 0.1) is 6.92 Å². The van der Waals surface area contributed by atoms with Crippen LogP contribution in [0.5, 0.6) is 0 Å². The van der Waals surface area contributed by atoms with Gasteiger partial charge in [0.05, 0.1) is 11.3 Å². The zero-order chi connectivity index (χ0) is 20.0. The molecule has 6 nitrogen and oxygen atoms in total. The Kier molecular flexibility index (Phi) is 7.06. The van der Waals surface area contributed by atoms with E-state index in [2.05, 4.69) is 15.4 Å². The molecule has 0 aromatic heterocycles. The van der Waals surface area contributed by atoms with Crippen LogP contribution >= 0.6 is 12.2 Å². The van der Waals surface area contributed by atoms with Gasteiger partial charge in [-0.05, 0) is 68.4 Å². The lowest BCUT2D eigenvalue weighted by Gasteiger charge is -2.12. The quantitative estimate of drug-likeness (QED) is 0.643. The highest BCUT2D eigenvalue weighted by atomic mass is 32.2. The largest absolute Gasteiger partial charge is 0.332 e. The van der Waals surface area contributed by atoms with Crippen LogP contribution in [-0.2, 0) is 21.2 Å². The fraction of sp³-hybridized carbons (Fsp3) is 0.263. The van der Waals surface area contributed by atoms with Gasteiger partial charge in [-0.3, -0.25) is 4.79 Å². The van der Waals surface area contributed by atoms with Crippen molar-refractivity contribution in [2.45, 2.75) is 38.1 Å². The Morgan fingerprint density at radius 1 is 1.07 bits per heavy atom. The first-order valence-corrected chi connectivity index (χ1v) is 10.3. The predicted molar refractivity (Wildman–Crippen MR) is 111 cm³/mol. The highest BCUT2D eigenvalue weighted by Crippen LogP contribution is 2.14. The van der Waals surface area contributed by atoms with Crippen molar-refractivity contribution < 1.29 is 13.2 Å². The van der Waals surface area contributed by atoms with Crippen molar-refractivity contribution in [1.29, 1.82) is 0 Å². The molecular formula is C19H23N3O3S2. The monoisotopic (exact) mass is 405 g/mol. The van der Waals surface area contributed by atoms with Gasteiger partial charge in [-0.1, -0.05) is 24.3 Å². The normalized spacial score (nSPS) is 11.3. The Balaban J connectivity index is 1.94. The topological polar surface area (TPSA) is 87.3 Å². The number of rotatable bonds is 6. The third-order valence-electron chi connectivity index (χ3n) is 3.68. The van der Waals surface area contributed by atoms with Crippen molar-refractivity contribution in [2.24, 2.45) is 0 Å². The molecule has 0 atom stereocenters. The Morgan fingerprint density at radius 3 is 2.30 bits per heavy atom. The maximum absolute atomic E-state index is 12.1. The maximum atomic E-state index is 12.1. The van der Waals surface area contributed by atoms with Crippen molar-refractivity contribution in [3.8, 4) is 0 Å². The summed E-state index contributed by atoms with van der Waals surface area (Å²) in [6, 6.07) is 13.6. The van der Waals surface area contributed by atoms with Gasteiger partial charge in [-0.2, -0.15) is 0 Å². The number of carbonyl (C=O) groups excluding carboxylic acids is 1. The van der Waals surface area contributed by atoms with Crippen LogP contribution in [0.2, 0.25) is 0 Å². The molecule has 27 heavy (non-hydrogen) atoms. The number of hydrogen-bond acceptors (Lipinski definition) is 4. The highest BCUT2D eigenvalue weighted by Gasteiger charge is 2.15. The minimum absolute atomic E-state index is 0.157. The molecular weight excluding hydrogens is 382 g/mol. The summed E-state index contributed by atoms with van der Waals surface area (Å²) in [6.45, 7) is 5.46. The van der Waals surface area contributed by atoms with Gasteiger partial charge in [-0.25, -0.2) is 13.1 Å². The van der Waals surface area contributed by atoms with E-state index in [1.54, 1.807) is 26.0 Å². The van der Waals surface area contributed by atoms with Gasteiger partial charge in [0, 0.05) is 11.7 Å². The van der Waals surface area contributed by atoms with Crippen LogP contribution in [0.4, 0.5) is 5.69 Å². The average molecular weight is 406 g/mol. The summed E-state index contributed by atoms with van der Waals surface area (Å²) in [5.74, 6) is -0.220. The van der Waals surface area contributed by atoms with E-state index in [1.807, 2.05) is 31.2 Å². The minimum Gasteiger partial charge on any atom is -0.332 e. The van der Waals surface area contributed by atoms with Gasteiger partial charge < -0.3 is 10.6 Å². The third kappa shape index (κ3) is 6.42. The van der Waals surface area contributed by atoms with E-state index in [-0.39, 0.29) is 28.4 Å². The molecule has 0 bridgehead atoms. The summed E-state index contributed by atoms with van der Waals surface area (Å²) in [4.78, 5) is 12.3. The summed E-state index contributed by atoms with van der Waals surface area (Å²) in [6.07, 6.45) is 0.229. The summed E-state index contributed by atoms with van der Waals surface area (Å²) in [7, 11) is -3.54. The van der Waals surface area contributed by atoms with E-state index >= 15 is 0 Å². The van der Waals surface area contributed by atoms with E-state index in [0.29, 0.717) is 5.69 Å². The average Bonchev–Trinajstić information content (AvgIpc) is 2.56. The van der Waals surface area contributed by atoms with Crippen molar-refractivity contribution in [2.75, 3.05) is 5.32 Å². The molecule has 0 saturated carbocycles. The molecule has 2 rings (SSSR count). The number of sulfonamides is 1. The van der Waals surface area contributed by atoms with Gasteiger partial charge in [0.1, 0.15) is 0 Å². The van der Waals surface area contributed by atoms with Crippen LogP contribution in [0.15, 0.2) is 53.4 Å². The zero-order valence-electron chi connectivity index (χ0n) is 15.4. The van der Waals surface area contributed by atoms with Crippen molar-refractivity contribution in [3.63, 3.8) is 0 Å².